The zero-order valence-electron chi connectivity index (χ0n) is 18.2. The molecule has 146 valence electrons. The van der Waals surface area contributed by atoms with Gasteiger partial charge in [0, 0.05) is 0 Å². The summed E-state index contributed by atoms with van der Waals surface area (Å²) in [6.45, 7) is 2.29. The molecule has 27 heavy (non-hydrogen) atoms. The van der Waals surface area contributed by atoms with Crippen LogP contribution in [0.2, 0.25) is 3.67 Å². The maximum atomic E-state index is 2.29. The zero-order chi connectivity index (χ0) is 19.4. The molecule has 0 aliphatic carbocycles. The van der Waals surface area contributed by atoms with Crippen LogP contribution in [0.15, 0.2) is 48.5 Å². The van der Waals surface area contributed by atoms with Crippen molar-refractivity contribution in [3.63, 3.8) is 0 Å². The molecule has 0 amide bonds. The predicted molar refractivity (Wildman–Crippen MR) is 125 cm³/mol. The standard InChI is InChI=1S/C16H33.C10H8.Na/c1-3-5-7-9-11-13-15-16-14-12-10-8-6-4-2;1-2-6-10-8-4-3-7-9(10)5-1;/h1,3-16H2,2H3;1-8H;. The van der Waals surface area contributed by atoms with E-state index in [1.807, 2.05) is 0 Å². The minimum absolute atomic E-state index is 1.31. The van der Waals surface area contributed by atoms with Gasteiger partial charge in [-0.2, -0.15) is 0 Å². The number of hydrogen-bond acceptors (Lipinski definition) is 0. The van der Waals surface area contributed by atoms with Crippen molar-refractivity contribution in [1.29, 1.82) is 0 Å². The molecule has 0 unspecified atom stereocenters. The Morgan fingerprint density at radius 3 is 1.07 bits per heavy atom. The molecule has 0 fully saturated rings. The van der Waals surface area contributed by atoms with Gasteiger partial charge >= 0.3 is 102 Å². The van der Waals surface area contributed by atoms with Crippen molar-refractivity contribution >= 4 is 38.7 Å². The molecular formula is C26H41Na. The Labute approximate surface area is 186 Å². The summed E-state index contributed by atoms with van der Waals surface area (Å²) in [5, 5.41) is 2.62. The van der Waals surface area contributed by atoms with Crippen molar-refractivity contribution in [2.45, 2.75) is 100 Å². The molecule has 0 saturated carbocycles. The van der Waals surface area contributed by atoms with E-state index in [0.717, 1.165) is 0 Å². The van der Waals surface area contributed by atoms with Crippen molar-refractivity contribution in [3.8, 4) is 0 Å². The first-order valence-corrected chi connectivity index (χ1v) is 13.2. The third kappa shape index (κ3) is 14.4. The van der Waals surface area contributed by atoms with E-state index in [0.29, 0.717) is 0 Å². The molecule has 0 heterocycles. The average molecular weight is 377 g/mol. The SMILES string of the molecule is CCCCCCCCCCCCCCC[CH2][Na].c1ccc2ccccc2c1. The molecule has 2 aromatic rings. The van der Waals surface area contributed by atoms with Crippen LogP contribution in [0.4, 0.5) is 0 Å². The van der Waals surface area contributed by atoms with E-state index >= 15 is 0 Å². The number of rotatable bonds is 14. The summed E-state index contributed by atoms with van der Waals surface area (Å²) < 4.78 is 1.51. The van der Waals surface area contributed by atoms with Crippen molar-refractivity contribution < 1.29 is 0 Å². The van der Waals surface area contributed by atoms with E-state index < -0.39 is 0 Å². The Bertz CT molecular complexity index is 469. The third-order valence-electron chi connectivity index (χ3n) is 5.37. The van der Waals surface area contributed by atoms with Gasteiger partial charge < -0.3 is 0 Å². The van der Waals surface area contributed by atoms with E-state index in [1.54, 1.807) is 0 Å². The van der Waals surface area contributed by atoms with E-state index in [4.69, 9.17) is 0 Å². The first-order valence-electron chi connectivity index (χ1n) is 11.8. The van der Waals surface area contributed by atoms with Crippen LogP contribution in [0.5, 0.6) is 0 Å². The largest absolute Gasteiger partial charge is 0.0616 e. The van der Waals surface area contributed by atoms with Gasteiger partial charge in [0.1, 0.15) is 0 Å². The molecule has 2 aromatic carbocycles. The van der Waals surface area contributed by atoms with Gasteiger partial charge in [0.2, 0.25) is 0 Å². The first-order chi connectivity index (χ1) is 13.4. The molecule has 0 radical (unpaired) electrons. The Balaban J connectivity index is 0.000000303. The Morgan fingerprint density at radius 1 is 0.481 bits per heavy atom. The number of unbranched alkanes of at least 4 members (excludes halogenated alkanes) is 13. The van der Waals surface area contributed by atoms with Crippen molar-refractivity contribution in [2.75, 3.05) is 0 Å². The fraction of sp³-hybridized carbons (Fsp3) is 0.615. The molecular weight excluding hydrogens is 335 g/mol. The Morgan fingerprint density at radius 2 is 0.778 bits per heavy atom. The van der Waals surface area contributed by atoms with E-state index in [2.05, 4.69) is 55.5 Å². The minimum atomic E-state index is 1.31. The van der Waals surface area contributed by atoms with Gasteiger partial charge in [-0.05, 0) is 10.8 Å². The summed E-state index contributed by atoms with van der Waals surface area (Å²) in [7, 11) is 0. The monoisotopic (exact) mass is 376 g/mol. The molecule has 1 heteroatoms. The Hall–Kier alpha value is -0.300. The number of fused-ring (bicyclic) bond motifs is 1. The third-order valence-corrected chi connectivity index (χ3v) is 6.07. The summed E-state index contributed by atoms with van der Waals surface area (Å²) in [6.07, 6.45) is 20.7. The van der Waals surface area contributed by atoms with Crippen LogP contribution in [0.25, 0.3) is 10.8 Å². The summed E-state index contributed by atoms with van der Waals surface area (Å²) in [5.41, 5.74) is 0. The van der Waals surface area contributed by atoms with Crippen molar-refractivity contribution in [3.05, 3.63) is 48.5 Å². The summed E-state index contributed by atoms with van der Waals surface area (Å²) >= 11 is 1.41. The number of benzene rings is 2. The molecule has 0 spiro atoms. The van der Waals surface area contributed by atoms with Crippen molar-refractivity contribution in [1.82, 2.24) is 0 Å². The van der Waals surface area contributed by atoms with Crippen LogP contribution in [0.1, 0.15) is 96.8 Å². The van der Waals surface area contributed by atoms with Gasteiger partial charge in [-0.1, -0.05) is 74.7 Å². The molecule has 0 aliphatic heterocycles. The van der Waals surface area contributed by atoms with Crippen LogP contribution in [0, 0.1) is 0 Å². The van der Waals surface area contributed by atoms with Gasteiger partial charge in [-0.25, -0.2) is 0 Å². The van der Waals surface area contributed by atoms with Crippen LogP contribution in [0.3, 0.4) is 0 Å². The molecule has 0 bridgehead atoms. The second kappa shape index (κ2) is 19.0. The molecule has 0 aromatic heterocycles. The summed E-state index contributed by atoms with van der Waals surface area (Å²) in [4.78, 5) is 0. The smallest absolute Gasteiger partial charge is 0.0184 e. The molecule has 0 atom stereocenters. The number of hydrogen-bond donors (Lipinski definition) is 0. The zero-order valence-corrected chi connectivity index (χ0v) is 20.2. The fourth-order valence-electron chi connectivity index (χ4n) is 3.58. The molecule has 0 nitrogen and oxygen atoms in total. The van der Waals surface area contributed by atoms with Gasteiger partial charge in [0.05, 0.1) is 0 Å². The van der Waals surface area contributed by atoms with Gasteiger partial charge in [-0.15, -0.1) is 0 Å². The minimum Gasteiger partial charge on any atom is -0.0616 e. The second-order valence-electron chi connectivity index (χ2n) is 7.94. The molecule has 2 rings (SSSR count). The average Bonchev–Trinajstić information content (AvgIpc) is 2.72. The van der Waals surface area contributed by atoms with E-state index in [-0.39, 0.29) is 0 Å². The van der Waals surface area contributed by atoms with Gasteiger partial charge in [0.15, 0.2) is 0 Å². The van der Waals surface area contributed by atoms with Gasteiger partial charge in [0.25, 0.3) is 0 Å². The normalized spacial score (nSPS) is 10.6. The molecule has 0 N–H and O–H groups in total. The van der Waals surface area contributed by atoms with Crippen LogP contribution >= 0.6 is 0 Å². The van der Waals surface area contributed by atoms with Crippen LogP contribution < -0.4 is 0 Å². The van der Waals surface area contributed by atoms with Crippen LogP contribution in [-0.4, -0.2) is 27.9 Å². The fourth-order valence-corrected chi connectivity index (χ4v) is 4.08. The summed E-state index contributed by atoms with van der Waals surface area (Å²) in [6, 6.07) is 16.7. The second-order valence-corrected chi connectivity index (χ2v) is 8.94. The Kier molecular flexibility index (Phi) is 17.4. The predicted octanol–water partition coefficient (Wildman–Crippen LogP) is 8.89. The maximum absolute atomic E-state index is 2.29. The topological polar surface area (TPSA) is 0 Å². The first kappa shape index (κ1) is 24.7. The van der Waals surface area contributed by atoms with E-state index in [9.17, 15) is 0 Å². The summed E-state index contributed by atoms with van der Waals surface area (Å²) in [5.74, 6) is 0. The quantitative estimate of drug-likeness (QED) is 0.228. The van der Waals surface area contributed by atoms with Crippen LogP contribution in [-0.2, 0) is 0 Å². The van der Waals surface area contributed by atoms with Crippen molar-refractivity contribution in [2.24, 2.45) is 0 Å². The molecule has 0 saturated heterocycles. The van der Waals surface area contributed by atoms with E-state index in [1.165, 1.54) is 132 Å². The van der Waals surface area contributed by atoms with Gasteiger partial charge in [-0.3, -0.25) is 0 Å². The maximum Gasteiger partial charge on any atom is -0.0184 e. The molecule has 0 aliphatic rings.